The minimum absolute atomic E-state index is 0.0328. The molecule has 20 heavy (non-hydrogen) atoms. The van der Waals surface area contributed by atoms with Gasteiger partial charge in [-0.05, 0) is 0 Å². The summed E-state index contributed by atoms with van der Waals surface area (Å²) in [5.74, 6) is -0.958. The van der Waals surface area contributed by atoms with Crippen LogP contribution >= 0.6 is 8.25 Å². The molecule has 0 spiro atoms. The molecule has 0 rings (SSSR count). The normalized spacial score (nSPS) is 10.1. The van der Waals surface area contributed by atoms with Crippen molar-refractivity contribution in [2.24, 2.45) is 0 Å². The summed E-state index contributed by atoms with van der Waals surface area (Å²) in [6, 6.07) is 0. The topological polar surface area (TPSA) is 88.1 Å². The van der Waals surface area contributed by atoms with Gasteiger partial charge in [0.2, 0.25) is 0 Å². The van der Waals surface area contributed by atoms with Crippen LogP contribution in [0.2, 0.25) is 0 Å². The van der Waals surface area contributed by atoms with Crippen LogP contribution in [0.15, 0.2) is 25.3 Å². The van der Waals surface area contributed by atoms with Crippen LogP contribution in [0.1, 0.15) is 12.8 Å². The molecular weight excluding hydrogens is 287 g/mol. The largest absolute Gasteiger partial charge is 0.461 e. The zero-order valence-electron chi connectivity index (χ0n) is 11.2. The van der Waals surface area contributed by atoms with Crippen LogP contribution in [0.5, 0.6) is 0 Å². The minimum atomic E-state index is -2.73. The summed E-state index contributed by atoms with van der Waals surface area (Å²) in [4.78, 5) is 22.1. The summed E-state index contributed by atoms with van der Waals surface area (Å²) >= 11 is 0. The summed E-state index contributed by atoms with van der Waals surface area (Å²) in [6.45, 7) is 6.88. The van der Waals surface area contributed by atoms with Crippen LogP contribution in [-0.4, -0.2) is 38.4 Å². The monoisotopic (exact) mass is 306 g/mol. The van der Waals surface area contributed by atoms with Gasteiger partial charge in [-0.15, -0.1) is 0 Å². The molecule has 0 heterocycles. The SMILES string of the molecule is C=CCOC(=O)CCO[PH](=O)OCCC(=O)OCC=C. The van der Waals surface area contributed by atoms with Crippen molar-refractivity contribution in [1.29, 1.82) is 0 Å². The molecule has 0 unspecified atom stereocenters. The Balaban J connectivity index is 3.54. The lowest BCUT2D eigenvalue weighted by molar-refractivity contribution is -0.143. The average Bonchev–Trinajstić information content (AvgIpc) is 2.42. The third kappa shape index (κ3) is 11.6. The van der Waals surface area contributed by atoms with Gasteiger partial charge in [-0.1, -0.05) is 25.3 Å². The lowest BCUT2D eigenvalue weighted by Gasteiger charge is -2.05. The Labute approximate surface area is 118 Å². The van der Waals surface area contributed by atoms with Crippen molar-refractivity contribution in [2.75, 3.05) is 26.4 Å². The van der Waals surface area contributed by atoms with Crippen molar-refractivity contribution in [3.8, 4) is 0 Å². The highest BCUT2D eigenvalue weighted by atomic mass is 31.1. The van der Waals surface area contributed by atoms with E-state index in [-0.39, 0.29) is 39.3 Å². The fourth-order valence-electron chi connectivity index (χ4n) is 0.925. The maximum absolute atomic E-state index is 11.2. The van der Waals surface area contributed by atoms with E-state index >= 15 is 0 Å². The summed E-state index contributed by atoms with van der Waals surface area (Å²) in [5, 5.41) is 0. The van der Waals surface area contributed by atoms with Crippen LogP contribution in [0.3, 0.4) is 0 Å². The predicted molar refractivity (Wildman–Crippen MR) is 72.5 cm³/mol. The Morgan fingerprint density at radius 2 is 1.30 bits per heavy atom. The quantitative estimate of drug-likeness (QED) is 0.308. The molecule has 0 aliphatic rings. The van der Waals surface area contributed by atoms with E-state index in [4.69, 9.17) is 9.05 Å². The Morgan fingerprint density at radius 1 is 0.900 bits per heavy atom. The first kappa shape index (κ1) is 18.6. The zero-order chi connectivity index (χ0) is 15.2. The van der Waals surface area contributed by atoms with Crippen molar-refractivity contribution in [1.82, 2.24) is 0 Å². The van der Waals surface area contributed by atoms with Gasteiger partial charge in [-0.25, -0.2) is 0 Å². The molecule has 0 aromatic carbocycles. The lowest BCUT2D eigenvalue weighted by atomic mass is 10.5. The number of ether oxygens (including phenoxy) is 2. The molecule has 0 aliphatic heterocycles. The molecular formula is C12H19O7P. The van der Waals surface area contributed by atoms with Crippen LogP contribution in [0.25, 0.3) is 0 Å². The number of carbonyl (C=O) groups excluding carboxylic acids is 2. The molecule has 0 bridgehead atoms. The first-order valence-corrected chi connectivity index (χ1v) is 7.15. The minimum Gasteiger partial charge on any atom is -0.461 e. The molecule has 0 N–H and O–H groups in total. The lowest BCUT2D eigenvalue weighted by Crippen LogP contribution is -2.08. The second-order valence-electron chi connectivity index (χ2n) is 3.39. The van der Waals surface area contributed by atoms with Crippen LogP contribution in [0, 0.1) is 0 Å². The van der Waals surface area contributed by atoms with Gasteiger partial charge >= 0.3 is 20.2 Å². The summed E-state index contributed by atoms with van der Waals surface area (Å²) < 4.78 is 30.2. The van der Waals surface area contributed by atoms with Crippen molar-refractivity contribution >= 4 is 20.2 Å². The Hall–Kier alpha value is -1.43. The van der Waals surface area contributed by atoms with Crippen molar-refractivity contribution in [2.45, 2.75) is 12.8 Å². The third-order valence-electron chi connectivity index (χ3n) is 1.78. The first-order chi connectivity index (χ1) is 9.60. The van der Waals surface area contributed by atoms with E-state index < -0.39 is 20.2 Å². The maximum Gasteiger partial charge on any atom is 0.319 e. The molecule has 0 saturated heterocycles. The number of hydrogen-bond acceptors (Lipinski definition) is 7. The standard InChI is InChI=1S/C12H19O7P/c1-3-7-16-11(13)5-9-18-20(15)19-10-6-12(14)17-8-4-2/h3-4,20H,1-2,5-10H2. The summed E-state index contributed by atoms with van der Waals surface area (Å²) in [7, 11) is -2.73. The van der Waals surface area contributed by atoms with Gasteiger partial charge in [0.15, 0.2) is 0 Å². The summed E-state index contributed by atoms with van der Waals surface area (Å²) in [5.41, 5.74) is 0. The molecule has 0 amide bonds. The van der Waals surface area contributed by atoms with E-state index in [0.29, 0.717) is 0 Å². The Morgan fingerprint density at radius 3 is 1.65 bits per heavy atom. The van der Waals surface area contributed by atoms with E-state index in [1.54, 1.807) is 0 Å². The molecule has 0 aromatic rings. The third-order valence-corrected chi connectivity index (χ3v) is 2.66. The highest BCUT2D eigenvalue weighted by Crippen LogP contribution is 2.23. The van der Waals surface area contributed by atoms with Gasteiger partial charge in [-0.3, -0.25) is 14.2 Å². The summed E-state index contributed by atoms with van der Waals surface area (Å²) in [6.07, 6.45) is 2.82. The van der Waals surface area contributed by atoms with E-state index in [0.717, 1.165) is 0 Å². The van der Waals surface area contributed by atoms with Gasteiger partial charge in [0.05, 0.1) is 26.1 Å². The van der Waals surface area contributed by atoms with Crippen molar-refractivity contribution in [3.63, 3.8) is 0 Å². The molecule has 0 fully saturated rings. The molecule has 0 aliphatic carbocycles. The van der Waals surface area contributed by atoms with Gasteiger partial charge < -0.3 is 18.5 Å². The fraction of sp³-hybridized carbons (Fsp3) is 0.500. The van der Waals surface area contributed by atoms with Crippen molar-refractivity contribution in [3.05, 3.63) is 25.3 Å². The average molecular weight is 306 g/mol. The smallest absolute Gasteiger partial charge is 0.319 e. The fourth-order valence-corrected chi connectivity index (χ4v) is 1.55. The highest BCUT2D eigenvalue weighted by Gasteiger charge is 2.07. The molecule has 7 nitrogen and oxygen atoms in total. The molecule has 8 heteroatoms. The molecule has 114 valence electrons. The van der Waals surface area contributed by atoms with Gasteiger partial charge in [-0.2, -0.15) is 0 Å². The Kier molecular flexibility index (Phi) is 11.7. The number of esters is 2. The van der Waals surface area contributed by atoms with Crippen LogP contribution in [-0.2, 0) is 32.7 Å². The number of hydrogen-bond donors (Lipinski definition) is 0. The van der Waals surface area contributed by atoms with Crippen LogP contribution < -0.4 is 0 Å². The molecule has 0 saturated carbocycles. The zero-order valence-corrected chi connectivity index (χ0v) is 12.2. The molecule has 0 aromatic heterocycles. The van der Waals surface area contributed by atoms with E-state index in [1.165, 1.54) is 12.2 Å². The van der Waals surface area contributed by atoms with Crippen molar-refractivity contribution < 1.29 is 32.7 Å². The maximum atomic E-state index is 11.2. The highest BCUT2D eigenvalue weighted by molar-refractivity contribution is 7.33. The van der Waals surface area contributed by atoms with Gasteiger partial charge in [0.1, 0.15) is 13.2 Å². The molecule has 0 radical (unpaired) electrons. The second-order valence-corrected chi connectivity index (χ2v) is 4.47. The number of carbonyl (C=O) groups is 2. The Bertz CT molecular complexity index is 322. The van der Waals surface area contributed by atoms with Gasteiger partial charge in [0.25, 0.3) is 0 Å². The van der Waals surface area contributed by atoms with Gasteiger partial charge in [0, 0.05) is 0 Å². The van der Waals surface area contributed by atoms with E-state index in [1.807, 2.05) is 0 Å². The van der Waals surface area contributed by atoms with E-state index in [9.17, 15) is 14.2 Å². The first-order valence-electron chi connectivity index (χ1n) is 5.92. The van der Waals surface area contributed by atoms with E-state index in [2.05, 4.69) is 22.6 Å². The predicted octanol–water partition coefficient (Wildman–Crippen LogP) is 1.65. The molecule has 0 atom stereocenters. The number of rotatable bonds is 12. The second kappa shape index (κ2) is 12.6. The van der Waals surface area contributed by atoms with Crippen LogP contribution in [0.4, 0.5) is 0 Å².